The van der Waals surface area contributed by atoms with Gasteiger partial charge in [0.2, 0.25) is 15.9 Å². The molecule has 1 amide bonds. The molecule has 0 fully saturated rings. The summed E-state index contributed by atoms with van der Waals surface area (Å²) in [5, 5.41) is 4.91. The van der Waals surface area contributed by atoms with Crippen molar-refractivity contribution in [3.8, 4) is 0 Å². The van der Waals surface area contributed by atoms with E-state index in [0.29, 0.717) is 18.5 Å². The number of hydrogen-bond donors (Lipinski definition) is 2. The lowest BCUT2D eigenvalue weighted by Crippen LogP contribution is -2.25. The smallest absolute Gasteiger partial charge is 0.220 e. The van der Waals surface area contributed by atoms with Crippen LogP contribution in [0.2, 0.25) is 0 Å². The fourth-order valence-corrected chi connectivity index (χ4v) is 3.89. The number of rotatable bonds is 9. The van der Waals surface area contributed by atoms with Crippen molar-refractivity contribution >= 4 is 27.3 Å². The molecular weight excluding hydrogens is 344 g/mol. The van der Waals surface area contributed by atoms with Crippen LogP contribution in [-0.2, 0) is 33.5 Å². The minimum Gasteiger partial charge on any atom is -0.352 e. The molecule has 0 saturated heterocycles. The summed E-state index contributed by atoms with van der Waals surface area (Å²) in [6, 6.07) is 11.3. The summed E-state index contributed by atoms with van der Waals surface area (Å²) in [7, 11) is -1.94. The van der Waals surface area contributed by atoms with Crippen LogP contribution >= 0.6 is 11.3 Å². The fraction of sp³-hybridized carbons (Fsp3) is 0.353. The number of amides is 1. The van der Waals surface area contributed by atoms with Crippen molar-refractivity contribution in [3.63, 3.8) is 0 Å². The summed E-state index contributed by atoms with van der Waals surface area (Å²) in [4.78, 5) is 13.2. The Kier molecular flexibility index (Phi) is 6.96. The maximum Gasteiger partial charge on any atom is 0.220 e. The largest absolute Gasteiger partial charge is 0.352 e. The molecule has 0 aliphatic carbocycles. The van der Waals surface area contributed by atoms with Crippen LogP contribution in [0.15, 0.2) is 41.8 Å². The van der Waals surface area contributed by atoms with Crippen molar-refractivity contribution in [2.75, 3.05) is 7.05 Å². The molecule has 24 heavy (non-hydrogen) atoms. The van der Waals surface area contributed by atoms with Crippen molar-refractivity contribution in [1.29, 1.82) is 0 Å². The average molecular weight is 367 g/mol. The van der Waals surface area contributed by atoms with Crippen LogP contribution in [0, 0.1) is 0 Å². The van der Waals surface area contributed by atoms with E-state index in [0.717, 1.165) is 18.4 Å². The minimum absolute atomic E-state index is 0.0159. The molecule has 0 spiro atoms. The van der Waals surface area contributed by atoms with Crippen molar-refractivity contribution in [2.45, 2.75) is 31.6 Å². The molecule has 1 aromatic carbocycles. The zero-order valence-corrected chi connectivity index (χ0v) is 15.3. The van der Waals surface area contributed by atoms with Crippen LogP contribution in [0.3, 0.4) is 0 Å². The zero-order valence-electron chi connectivity index (χ0n) is 13.6. The molecule has 0 aliphatic rings. The van der Waals surface area contributed by atoms with Crippen molar-refractivity contribution in [1.82, 2.24) is 10.0 Å². The number of sulfonamides is 1. The van der Waals surface area contributed by atoms with Gasteiger partial charge in [-0.2, -0.15) is 0 Å². The quantitative estimate of drug-likeness (QED) is 0.716. The van der Waals surface area contributed by atoms with E-state index in [1.54, 1.807) is 23.5 Å². The van der Waals surface area contributed by atoms with E-state index in [-0.39, 0.29) is 11.7 Å². The molecule has 0 atom stereocenters. The van der Waals surface area contributed by atoms with Gasteiger partial charge in [-0.25, -0.2) is 13.1 Å². The SMILES string of the molecule is CNS(=O)(=O)Cc1ccccc1CNC(=O)CCCc1cccs1. The van der Waals surface area contributed by atoms with Crippen molar-refractivity contribution in [3.05, 3.63) is 57.8 Å². The van der Waals surface area contributed by atoms with Crippen LogP contribution < -0.4 is 10.0 Å². The van der Waals surface area contributed by atoms with E-state index in [1.807, 2.05) is 23.6 Å². The Balaban J connectivity index is 1.84. The lowest BCUT2D eigenvalue weighted by molar-refractivity contribution is -0.121. The summed E-state index contributed by atoms with van der Waals surface area (Å²) in [5.74, 6) is -0.105. The highest BCUT2D eigenvalue weighted by Crippen LogP contribution is 2.13. The van der Waals surface area contributed by atoms with Gasteiger partial charge < -0.3 is 5.32 Å². The topological polar surface area (TPSA) is 75.3 Å². The van der Waals surface area contributed by atoms with Crippen molar-refractivity contribution < 1.29 is 13.2 Å². The molecule has 2 aromatic rings. The van der Waals surface area contributed by atoms with Crippen LogP contribution in [0.25, 0.3) is 0 Å². The van der Waals surface area contributed by atoms with Gasteiger partial charge in [0.05, 0.1) is 5.75 Å². The molecule has 0 radical (unpaired) electrons. The first-order valence-corrected chi connectivity index (χ1v) is 10.3. The molecule has 0 bridgehead atoms. The molecule has 1 aromatic heterocycles. The first-order valence-electron chi connectivity index (χ1n) is 7.77. The highest BCUT2D eigenvalue weighted by Gasteiger charge is 2.12. The number of carbonyl (C=O) groups is 1. The Morgan fingerprint density at radius 1 is 1.12 bits per heavy atom. The second-order valence-corrected chi connectivity index (χ2v) is 8.40. The fourth-order valence-electron chi connectivity index (χ4n) is 2.31. The molecule has 0 unspecified atom stereocenters. The highest BCUT2D eigenvalue weighted by molar-refractivity contribution is 7.88. The number of carbonyl (C=O) groups excluding carboxylic acids is 1. The Bertz CT molecular complexity index is 756. The molecular formula is C17H22N2O3S2. The van der Waals surface area contributed by atoms with Gasteiger partial charge in [-0.05, 0) is 42.5 Å². The molecule has 1 heterocycles. The Labute approximate surface area is 147 Å². The lowest BCUT2D eigenvalue weighted by Gasteiger charge is -2.11. The first-order chi connectivity index (χ1) is 11.5. The second-order valence-electron chi connectivity index (χ2n) is 5.44. The third kappa shape index (κ3) is 6.07. The van der Waals surface area contributed by atoms with Crippen LogP contribution in [0.1, 0.15) is 28.8 Å². The summed E-state index contributed by atoms with van der Waals surface area (Å²) in [6.07, 6.45) is 2.18. The number of benzene rings is 1. The maximum atomic E-state index is 12.0. The van der Waals surface area contributed by atoms with E-state index >= 15 is 0 Å². The van der Waals surface area contributed by atoms with E-state index < -0.39 is 10.0 Å². The summed E-state index contributed by atoms with van der Waals surface area (Å²) < 4.78 is 25.7. The van der Waals surface area contributed by atoms with Gasteiger partial charge >= 0.3 is 0 Å². The summed E-state index contributed by atoms with van der Waals surface area (Å²) >= 11 is 1.70. The summed E-state index contributed by atoms with van der Waals surface area (Å²) in [5.41, 5.74) is 1.52. The molecule has 5 nitrogen and oxygen atoms in total. The molecule has 0 saturated carbocycles. The first kappa shape index (κ1) is 18.6. The van der Waals surface area contributed by atoms with Crippen LogP contribution in [0.4, 0.5) is 0 Å². The van der Waals surface area contributed by atoms with Crippen molar-refractivity contribution in [2.24, 2.45) is 0 Å². The maximum absolute atomic E-state index is 12.0. The molecule has 2 N–H and O–H groups in total. The molecule has 130 valence electrons. The van der Waals surface area contributed by atoms with Gasteiger partial charge in [-0.3, -0.25) is 4.79 Å². The zero-order chi connectivity index (χ0) is 17.4. The standard InChI is InChI=1S/C17H22N2O3S2/c1-18-24(21,22)13-15-7-3-2-6-14(15)12-19-17(20)10-4-8-16-9-5-11-23-16/h2-3,5-7,9,11,18H,4,8,10,12-13H2,1H3,(H,19,20). The molecule has 7 heteroatoms. The number of aryl methyl sites for hydroxylation is 1. The Morgan fingerprint density at radius 3 is 2.54 bits per heavy atom. The third-order valence-corrected chi connectivity index (χ3v) is 5.91. The Hall–Kier alpha value is -1.70. The molecule has 0 aliphatic heterocycles. The molecule has 2 rings (SSSR count). The number of nitrogens with one attached hydrogen (secondary N) is 2. The van der Waals surface area contributed by atoms with Crippen LogP contribution in [0.5, 0.6) is 0 Å². The van der Waals surface area contributed by atoms with Gasteiger partial charge in [0.1, 0.15) is 0 Å². The lowest BCUT2D eigenvalue weighted by atomic mass is 10.1. The number of hydrogen-bond acceptors (Lipinski definition) is 4. The second kappa shape index (κ2) is 8.96. The van der Waals surface area contributed by atoms with Crippen LogP contribution in [-0.4, -0.2) is 21.4 Å². The van der Waals surface area contributed by atoms with E-state index in [1.165, 1.54) is 11.9 Å². The van der Waals surface area contributed by atoms with Gasteiger partial charge in [-0.15, -0.1) is 11.3 Å². The minimum atomic E-state index is -3.33. The van der Waals surface area contributed by atoms with E-state index in [4.69, 9.17) is 0 Å². The average Bonchev–Trinajstić information content (AvgIpc) is 3.07. The Morgan fingerprint density at radius 2 is 1.88 bits per heavy atom. The van der Waals surface area contributed by atoms with Gasteiger partial charge in [0.15, 0.2) is 0 Å². The third-order valence-electron chi connectivity index (χ3n) is 3.66. The predicted molar refractivity (Wildman–Crippen MR) is 97.2 cm³/mol. The normalized spacial score (nSPS) is 11.4. The summed E-state index contributed by atoms with van der Waals surface area (Å²) in [6.45, 7) is 0.341. The van der Waals surface area contributed by atoms with Gasteiger partial charge in [0, 0.05) is 17.8 Å². The number of thiophene rings is 1. The van der Waals surface area contributed by atoms with Gasteiger partial charge in [-0.1, -0.05) is 30.3 Å². The van der Waals surface area contributed by atoms with E-state index in [9.17, 15) is 13.2 Å². The highest BCUT2D eigenvalue weighted by atomic mass is 32.2. The monoisotopic (exact) mass is 366 g/mol. The van der Waals surface area contributed by atoms with E-state index in [2.05, 4.69) is 16.1 Å². The van der Waals surface area contributed by atoms with Gasteiger partial charge in [0.25, 0.3) is 0 Å². The predicted octanol–water partition coefficient (Wildman–Crippen LogP) is 2.44.